The molecule has 0 aliphatic rings. The van der Waals surface area contributed by atoms with Crippen molar-refractivity contribution in [1.82, 2.24) is 0 Å². The van der Waals surface area contributed by atoms with E-state index in [4.69, 9.17) is 4.42 Å². The van der Waals surface area contributed by atoms with E-state index in [1.807, 2.05) is 24.3 Å². The molecule has 0 unspecified atom stereocenters. The van der Waals surface area contributed by atoms with Gasteiger partial charge in [-0.05, 0) is 30.5 Å². The largest absolute Gasteiger partial charge is 0.461 e. The minimum Gasteiger partial charge on any atom is -0.461 e. The molecule has 0 aliphatic carbocycles. The summed E-state index contributed by atoms with van der Waals surface area (Å²) in [5.74, 6) is 2.14. The maximum absolute atomic E-state index is 11.1. The number of furan rings is 1. The Hall–Kier alpha value is -1.83. The molecule has 2 aromatic rings. The summed E-state index contributed by atoms with van der Waals surface area (Å²) in [6.07, 6.45) is 0.365. The van der Waals surface area contributed by atoms with E-state index in [1.54, 1.807) is 6.92 Å². The average Bonchev–Trinajstić information content (AvgIpc) is 2.76. The molecule has 0 N–H and O–H groups in total. The van der Waals surface area contributed by atoms with Gasteiger partial charge in [0.05, 0.1) is 6.42 Å². The van der Waals surface area contributed by atoms with Gasteiger partial charge in [0.15, 0.2) is 0 Å². The molecule has 0 saturated heterocycles. The number of hydrogen-bond acceptors (Lipinski definition) is 2. The Balaban J connectivity index is 2.37. The molecule has 94 valence electrons. The van der Waals surface area contributed by atoms with Crippen molar-refractivity contribution in [3.63, 3.8) is 0 Å². The molecule has 1 aromatic heterocycles. The summed E-state index contributed by atoms with van der Waals surface area (Å²) >= 11 is 0. The Morgan fingerprint density at radius 2 is 1.89 bits per heavy atom. The fraction of sp³-hybridized carbons (Fsp3) is 0.312. The van der Waals surface area contributed by atoms with Crippen LogP contribution in [0.1, 0.15) is 38.0 Å². The number of benzene rings is 1. The van der Waals surface area contributed by atoms with E-state index in [9.17, 15) is 4.79 Å². The smallest absolute Gasteiger partial charge is 0.137 e. The highest BCUT2D eigenvalue weighted by Gasteiger charge is 2.12. The predicted octanol–water partition coefficient (Wildman–Crippen LogP) is 4.20. The third-order valence-electron chi connectivity index (χ3n) is 2.93. The minimum absolute atomic E-state index is 0.119. The van der Waals surface area contributed by atoms with Crippen LogP contribution in [-0.2, 0) is 11.2 Å². The number of carbonyl (C=O) groups excluding carboxylic acids is 1. The molecule has 18 heavy (non-hydrogen) atoms. The highest BCUT2D eigenvalue weighted by atomic mass is 16.3. The molecule has 1 aromatic carbocycles. The summed E-state index contributed by atoms with van der Waals surface area (Å²) in [5.41, 5.74) is 2.38. The monoisotopic (exact) mass is 242 g/mol. The molecule has 0 atom stereocenters. The van der Waals surface area contributed by atoms with Crippen LogP contribution in [0.2, 0.25) is 0 Å². The van der Waals surface area contributed by atoms with E-state index >= 15 is 0 Å². The first-order valence-electron chi connectivity index (χ1n) is 6.25. The van der Waals surface area contributed by atoms with Crippen molar-refractivity contribution in [2.75, 3.05) is 0 Å². The number of rotatable bonds is 4. The van der Waals surface area contributed by atoms with Gasteiger partial charge in [0.25, 0.3) is 0 Å². The van der Waals surface area contributed by atoms with Crippen molar-refractivity contribution in [3.8, 4) is 11.3 Å². The number of carbonyl (C=O) groups is 1. The predicted molar refractivity (Wildman–Crippen MR) is 72.6 cm³/mol. The third-order valence-corrected chi connectivity index (χ3v) is 2.93. The van der Waals surface area contributed by atoms with Gasteiger partial charge in [0.1, 0.15) is 17.3 Å². The van der Waals surface area contributed by atoms with E-state index in [0.29, 0.717) is 12.3 Å². The van der Waals surface area contributed by atoms with Crippen molar-refractivity contribution in [3.05, 3.63) is 47.7 Å². The molecule has 0 radical (unpaired) electrons. The zero-order valence-corrected chi connectivity index (χ0v) is 11.1. The van der Waals surface area contributed by atoms with Gasteiger partial charge in [-0.15, -0.1) is 0 Å². The van der Waals surface area contributed by atoms with Gasteiger partial charge < -0.3 is 4.42 Å². The normalized spacial score (nSPS) is 10.9. The van der Waals surface area contributed by atoms with Gasteiger partial charge >= 0.3 is 0 Å². The van der Waals surface area contributed by atoms with E-state index in [0.717, 1.165) is 17.1 Å². The maximum atomic E-state index is 11.1. The molecule has 0 aliphatic heterocycles. The maximum Gasteiger partial charge on any atom is 0.137 e. The minimum atomic E-state index is 0.119. The summed E-state index contributed by atoms with van der Waals surface area (Å²) in [7, 11) is 0. The lowest BCUT2D eigenvalue weighted by Crippen LogP contribution is -1.94. The van der Waals surface area contributed by atoms with Crippen molar-refractivity contribution < 1.29 is 9.21 Å². The highest BCUT2D eigenvalue weighted by Crippen LogP contribution is 2.30. The number of hydrogen-bond donors (Lipinski definition) is 0. The van der Waals surface area contributed by atoms with Gasteiger partial charge in [0.2, 0.25) is 0 Å². The van der Waals surface area contributed by atoms with Crippen LogP contribution in [-0.4, -0.2) is 5.78 Å². The topological polar surface area (TPSA) is 30.2 Å². The van der Waals surface area contributed by atoms with Crippen LogP contribution in [0, 0.1) is 0 Å². The van der Waals surface area contributed by atoms with Gasteiger partial charge in [-0.25, -0.2) is 0 Å². The summed E-state index contributed by atoms with van der Waals surface area (Å²) < 4.78 is 5.75. The summed E-state index contributed by atoms with van der Waals surface area (Å²) in [4.78, 5) is 11.1. The van der Waals surface area contributed by atoms with Crippen LogP contribution >= 0.6 is 0 Å². The second-order valence-corrected chi connectivity index (χ2v) is 4.89. The fourth-order valence-electron chi connectivity index (χ4n) is 2.09. The Kier molecular flexibility index (Phi) is 3.66. The van der Waals surface area contributed by atoms with Crippen LogP contribution in [0.3, 0.4) is 0 Å². The lowest BCUT2D eigenvalue weighted by atomic mass is 9.96. The lowest BCUT2D eigenvalue weighted by molar-refractivity contribution is -0.116. The van der Waals surface area contributed by atoms with Crippen LogP contribution in [0.15, 0.2) is 40.8 Å². The Labute approximate surface area is 108 Å². The SMILES string of the molecule is CC(=O)Cc1ccc(-c2ccccc2C(C)C)o1. The standard InChI is InChI=1S/C16H18O2/c1-11(2)14-6-4-5-7-15(14)16-9-8-13(18-16)10-12(3)17/h4-9,11H,10H2,1-3H3. The third kappa shape index (κ3) is 2.70. The van der Waals surface area contributed by atoms with E-state index in [1.165, 1.54) is 5.56 Å². The molecular weight excluding hydrogens is 224 g/mol. The van der Waals surface area contributed by atoms with Gasteiger partial charge in [-0.2, -0.15) is 0 Å². The number of ketones is 1. The highest BCUT2D eigenvalue weighted by molar-refractivity contribution is 5.77. The second-order valence-electron chi connectivity index (χ2n) is 4.89. The van der Waals surface area contributed by atoms with Gasteiger partial charge in [0, 0.05) is 5.56 Å². The van der Waals surface area contributed by atoms with E-state index in [-0.39, 0.29) is 5.78 Å². The quantitative estimate of drug-likeness (QED) is 0.804. The Bertz CT molecular complexity index is 550. The van der Waals surface area contributed by atoms with Crippen LogP contribution in [0.25, 0.3) is 11.3 Å². The zero-order chi connectivity index (χ0) is 13.1. The van der Waals surface area contributed by atoms with Gasteiger partial charge in [-0.3, -0.25) is 4.79 Å². The number of Topliss-reactive ketones (excluding diaryl/α,β-unsaturated/α-hetero) is 1. The molecule has 0 spiro atoms. The molecule has 0 saturated carbocycles. The first-order chi connectivity index (χ1) is 8.58. The van der Waals surface area contributed by atoms with Crippen LogP contribution in [0.4, 0.5) is 0 Å². The summed E-state index contributed by atoms with van der Waals surface area (Å²) in [6, 6.07) is 12.1. The van der Waals surface area contributed by atoms with Crippen molar-refractivity contribution in [1.29, 1.82) is 0 Å². The molecule has 0 fully saturated rings. The fourth-order valence-corrected chi connectivity index (χ4v) is 2.09. The summed E-state index contributed by atoms with van der Waals surface area (Å²) in [6.45, 7) is 5.90. The molecule has 0 bridgehead atoms. The van der Waals surface area contributed by atoms with Crippen molar-refractivity contribution >= 4 is 5.78 Å². The van der Waals surface area contributed by atoms with Crippen LogP contribution < -0.4 is 0 Å². The first kappa shape index (κ1) is 12.6. The van der Waals surface area contributed by atoms with Crippen LogP contribution in [0.5, 0.6) is 0 Å². The molecule has 2 nitrogen and oxygen atoms in total. The summed E-state index contributed by atoms with van der Waals surface area (Å²) in [5, 5.41) is 0. The molecule has 1 heterocycles. The Morgan fingerprint density at radius 1 is 1.17 bits per heavy atom. The van der Waals surface area contributed by atoms with Gasteiger partial charge in [-0.1, -0.05) is 38.1 Å². The average molecular weight is 242 g/mol. The van der Waals surface area contributed by atoms with E-state index in [2.05, 4.69) is 26.0 Å². The van der Waals surface area contributed by atoms with Crippen molar-refractivity contribution in [2.45, 2.75) is 33.1 Å². The first-order valence-corrected chi connectivity index (χ1v) is 6.25. The molecule has 0 amide bonds. The zero-order valence-electron chi connectivity index (χ0n) is 11.1. The molecule has 2 heteroatoms. The lowest BCUT2D eigenvalue weighted by Gasteiger charge is -2.10. The van der Waals surface area contributed by atoms with E-state index < -0.39 is 0 Å². The van der Waals surface area contributed by atoms with Crippen molar-refractivity contribution in [2.24, 2.45) is 0 Å². The molecular formula is C16H18O2. The second kappa shape index (κ2) is 5.21. The molecule has 2 rings (SSSR count). The Morgan fingerprint density at radius 3 is 2.56 bits per heavy atom.